The highest BCUT2D eigenvalue weighted by molar-refractivity contribution is 5.95. The Morgan fingerprint density at radius 3 is 2.54 bits per heavy atom. The molecule has 0 aliphatic heterocycles. The van der Waals surface area contributed by atoms with Gasteiger partial charge in [0.2, 0.25) is 0 Å². The van der Waals surface area contributed by atoms with Crippen LogP contribution in [0.15, 0.2) is 23.3 Å². The first-order valence-electron chi connectivity index (χ1n) is 10.3. The van der Waals surface area contributed by atoms with Crippen LogP contribution >= 0.6 is 0 Å². The first-order chi connectivity index (χ1) is 12.3. The molecule has 26 heavy (non-hydrogen) atoms. The Labute approximate surface area is 157 Å². The molecule has 0 heterocycles. The molecule has 2 saturated carbocycles. The summed E-state index contributed by atoms with van der Waals surface area (Å²) in [7, 11) is 0. The molecular formula is C23H32O3. The van der Waals surface area contributed by atoms with Crippen molar-refractivity contribution in [2.45, 2.75) is 78.7 Å². The lowest BCUT2D eigenvalue weighted by molar-refractivity contribution is -0.151. The summed E-state index contributed by atoms with van der Waals surface area (Å²) in [6.45, 7) is 8.02. The fourth-order valence-electron chi connectivity index (χ4n) is 6.96. The van der Waals surface area contributed by atoms with Gasteiger partial charge in [-0.25, -0.2) is 0 Å². The lowest BCUT2D eigenvalue weighted by atomic mass is 9.48. The minimum atomic E-state index is -0.145. The zero-order chi connectivity index (χ0) is 18.7. The summed E-state index contributed by atoms with van der Waals surface area (Å²) >= 11 is 0. The van der Waals surface area contributed by atoms with Crippen molar-refractivity contribution < 1.29 is 14.3 Å². The second kappa shape index (κ2) is 6.07. The van der Waals surface area contributed by atoms with Crippen LogP contribution in [0.1, 0.15) is 72.6 Å². The molecule has 0 bridgehead atoms. The van der Waals surface area contributed by atoms with Crippen molar-refractivity contribution in [3.8, 4) is 0 Å². The van der Waals surface area contributed by atoms with E-state index in [-0.39, 0.29) is 28.7 Å². The third-order valence-electron chi connectivity index (χ3n) is 8.27. The number of hydrogen-bond acceptors (Lipinski definition) is 3. The van der Waals surface area contributed by atoms with Gasteiger partial charge in [0.05, 0.1) is 0 Å². The van der Waals surface area contributed by atoms with Crippen molar-refractivity contribution in [1.82, 2.24) is 0 Å². The van der Waals surface area contributed by atoms with Gasteiger partial charge >= 0.3 is 5.97 Å². The van der Waals surface area contributed by atoms with Crippen molar-refractivity contribution in [2.75, 3.05) is 0 Å². The van der Waals surface area contributed by atoms with E-state index in [1.807, 2.05) is 0 Å². The van der Waals surface area contributed by atoms with Gasteiger partial charge in [0, 0.05) is 12.3 Å². The van der Waals surface area contributed by atoms with Gasteiger partial charge in [-0.1, -0.05) is 31.6 Å². The van der Waals surface area contributed by atoms with E-state index in [0.717, 1.165) is 37.7 Å². The minimum Gasteiger partial charge on any atom is -0.463 e. The smallest absolute Gasteiger partial charge is 0.302 e. The molecule has 0 unspecified atom stereocenters. The first-order valence-corrected chi connectivity index (χ1v) is 10.3. The lowest BCUT2D eigenvalue weighted by Gasteiger charge is -2.56. The van der Waals surface area contributed by atoms with Crippen LogP contribution in [0.2, 0.25) is 0 Å². The van der Waals surface area contributed by atoms with E-state index in [1.54, 1.807) is 12.5 Å². The van der Waals surface area contributed by atoms with Gasteiger partial charge in [-0.15, -0.1) is 0 Å². The Kier molecular flexibility index (Phi) is 4.20. The van der Waals surface area contributed by atoms with Gasteiger partial charge in [0.15, 0.2) is 5.78 Å². The Morgan fingerprint density at radius 1 is 1.08 bits per heavy atom. The van der Waals surface area contributed by atoms with E-state index in [4.69, 9.17) is 4.74 Å². The molecule has 0 aromatic heterocycles. The second-order valence-electron chi connectivity index (χ2n) is 9.60. The molecule has 3 heteroatoms. The van der Waals surface area contributed by atoms with Crippen LogP contribution in [0, 0.1) is 28.6 Å². The van der Waals surface area contributed by atoms with Gasteiger partial charge in [-0.05, 0) is 80.6 Å². The zero-order valence-electron chi connectivity index (χ0n) is 16.6. The maximum Gasteiger partial charge on any atom is 0.302 e. The normalized spacial score (nSPS) is 44.2. The maximum atomic E-state index is 12.2. The van der Waals surface area contributed by atoms with E-state index in [9.17, 15) is 9.59 Å². The number of fused-ring (bicyclic) bond motifs is 5. The molecule has 0 aromatic rings. The van der Waals surface area contributed by atoms with Crippen molar-refractivity contribution >= 4 is 11.8 Å². The zero-order valence-corrected chi connectivity index (χ0v) is 16.6. The van der Waals surface area contributed by atoms with Crippen molar-refractivity contribution in [3.05, 3.63) is 23.3 Å². The number of esters is 1. The van der Waals surface area contributed by atoms with Crippen LogP contribution in [0.25, 0.3) is 0 Å². The molecule has 142 valence electrons. The van der Waals surface area contributed by atoms with Gasteiger partial charge in [0.25, 0.3) is 0 Å². The number of Topliss-reactive ketones (excluding diaryl/α,β-unsaturated/α-hetero) is 1. The monoisotopic (exact) mass is 356 g/mol. The Balaban J connectivity index is 1.60. The van der Waals surface area contributed by atoms with E-state index in [1.165, 1.54) is 19.8 Å². The molecule has 4 rings (SSSR count). The van der Waals surface area contributed by atoms with E-state index < -0.39 is 0 Å². The third-order valence-corrected chi connectivity index (χ3v) is 8.27. The number of rotatable bonds is 2. The molecule has 3 nitrogen and oxygen atoms in total. The topological polar surface area (TPSA) is 43.4 Å². The molecular weight excluding hydrogens is 324 g/mol. The lowest BCUT2D eigenvalue weighted by Crippen LogP contribution is -2.48. The Morgan fingerprint density at radius 2 is 1.85 bits per heavy atom. The first kappa shape index (κ1) is 18.0. The van der Waals surface area contributed by atoms with Crippen LogP contribution in [0.3, 0.4) is 0 Å². The SMILES string of the molecule is CC(=O)O[C@@H]1CC[C@]2(C)C3=CC[C@]4(C)C(C(C)=O)=CC[C@@H]4[C@H]3CC[C@H]2C1. The molecule has 0 N–H and O–H groups in total. The summed E-state index contributed by atoms with van der Waals surface area (Å²) in [4.78, 5) is 23.5. The summed E-state index contributed by atoms with van der Waals surface area (Å²) in [5.74, 6) is 1.94. The molecule has 0 spiro atoms. The Bertz CT molecular complexity index is 702. The van der Waals surface area contributed by atoms with Gasteiger partial charge in [0.1, 0.15) is 6.10 Å². The number of hydrogen-bond donors (Lipinski definition) is 0. The fraction of sp³-hybridized carbons (Fsp3) is 0.739. The summed E-state index contributed by atoms with van der Waals surface area (Å²) < 4.78 is 5.54. The predicted octanol–water partition coefficient (Wildman–Crippen LogP) is 5.01. The van der Waals surface area contributed by atoms with E-state index in [0.29, 0.717) is 17.8 Å². The van der Waals surface area contributed by atoms with Crippen molar-refractivity contribution in [1.29, 1.82) is 0 Å². The van der Waals surface area contributed by atoms with Crippen LogP contribution < -0.4 is 0 Å². The second-order valence-corrected chi connectivity index (χ2v) is 9.60. The molecule has 0 radical (unpaired) electrons. The summed E-state index contributed by atoms with van der Waals surface area (Å²) in [6, 6.07) is 0. The standard InChI is InChI=1S/C23H32O3/c1-14(24)19-7-8-20-18-6-5-16-13-17(26-15(2)25)9-11-22(16,3)21(18)10-12-23(19,20)4/h7,10,16-18,20H,5-6,8-9,11-13H2,1-4H3/t16-,17+,18+,20+,22-,23+/m0/s1. The molecule has 6 atom stereocenters. The van der Waals surface area contributed by atoms with Crippen LogP contribution in [-0.4, -0.2) is 17.9 Å². The quantitative estimate of drug-likeness (QED) is 0.516. The van der Waals surface area contributed by atoms with Crippen LogP contribution in [0.4, 0.5) is 0 Å². The predicted molar refractivity (Wildman–Crippen MR) is 101 cm³/mol. The summed E-state index contributed by atoms with van der Waals surface area (Å²) in [5, 5.41) is 0. The van der Waals surface area contributed by atoms with Gasteiger partial charge in [-0.2, -0.15) is 0 Å². The van der Waals surface area contributed by atoms with E-state index in [2.05, 4.69) is 26.0 Å². The highest BCUT2D eigenvalue weighted by Crippen LogP contribution is 2.64. The molecule has 4 aliphatic carbocycles. The molecule has 0 saturated heterocycles. The van der Waals surface area contributed by atoms with Gasteiger partial charge < -0.3 is 4.74 Å². The van der Waals surface area contributed by atoms with Crippen LogP contribution in [0.5, 0.6) is 0 Å². The molecule has 0 aromatic carbocycles. The summed E-state index contributed by atoms with van der Waals surface area (Å²) in [6.07, 6.45) is 12.5. The minimum absolute atomic E-state index is 0.0398. The van der Waals surface area contributed by atoms with Gasteiger partial charge in [-0.3, -0.25) is 9.59 Å². The number of allylic oxidation sites excluding steroid dienone is 4. The highest BCUT2D eigenvalue weighted by atomic mass is 16.5. The van der Waals surface area contributed by atoms with Crippen LogP contribution in [-0.2, 0) is 14.3 Å². The van der Waals surface area contributed by atoms with E-state index >= 15 is 0 Å². The Hall–Kier alpha value is -1.38. The van der Waals surface area contributed by atoms with Crippen molar-refractivity contribution in [2.24, 2.45) is 28.6 Å². The highest BCUT2D eigenvalue weighted by Gasteiger charge is 2.56. The number of carbonyl (C=O) groups excluding carboxylic acids is 2. The molecule has 4 aliphatic rings. The maximum absolute atomic E-state index is 12.2. The number of ether oxygens (including phenoxy) is 1. The number of carbonyl (C=O) groups is 2. The van der Waals surface area contributed by atoms with Crippen molar-refractivity contribution in [3.63, 3.8) is 0 Å². The third kappa shape index (κ3) is 2.53. The molecule has 2 fully saturated rings. The molecule has 0 amide bonds. The largest absolute Gasteiger partial charge is 0.463 e. The average molecular weight is 357 g/mol. The summed E-state index contributed by atoms with van der Waals surface area (Å²) in [5.41, 5.74) is 3.03. The number of ketones is 1. The fourth-order valence-corrected chi connectivity index (χ4v) is 6.96. The average Bonchev–Trinajstić information content (AvgIpc) is 2.92.